The number of likely N-dealkylation sites (tertiary alicyclic amines) is 1. The van der Waals surface area contributed by atoms with Gasteiger partial charge in [0.25, 0.3) is 0 Å². The van der Waals surface area contributed by atoms with Gasteiger partial charge in [-0.15, -0.1) is 0 Å². The highest BCUT2D eigenvalue weighted by Gasteiger charge is 2.24. The number of benzene rings is 2. The van der Waals surface area contributed by atoms with Gasteiger partial charge in [-0.05, 0) is 74.3 Å². The largest absolute Gasteiger partial charge is 0.492 e. The summed E-state index contributed by atoms with van der Waals surface area (Å²) in [5.41, 5.74) is 3.19. The smallest absolute Gasteiger partial charge is 0.150 e. The minimum absolute atomic E-state index is 0.0478. The van der Waals surface area contributed by atoms with E-state index in [1.165, 1.54) is 12.1 Å². The predicted octanol–water partition coefficient (Wildman–Crippen LogP) is 5.24. The van der Waals surface area contributed by atoms with Crippen LogP contribution in [0.15, 0.2) is 48.7 Å². The van der Waals surface area contributed by atoms with E-state index in [0.29, 0.717) is 48.9 Å². The number of halogens is 2. The zero-order valence-corrected chi connectivity index (χ0v) is 22.5. The molecule has 1 aliphatic heterocycles. The Morgan fingerprint density at radius 1 is 1.27 bits per heavy atom. The molecule has 1 heterocycles. The number of nitrogens with one attached hydrogen (secondary N) is 1. The molecule has 6 nitrogen and oxygen atoms in total. The van der Waals surface area contributed by atoms with Gasteiger partial charge in [0.1, 0.15) is 30.7 Å². The Balaban J connectivity index is 1.69. The van der Waals surface area contributed by atoms with Crippen molar-refractivity contribution in [1.82, 2.24) is 15.1 Å². The first-order chi connectivity index (χ1) is 17.9. The van der Waals surface area contributed by atoms with Gasteiger partial charge < -0.3 is 14.8 Å². The Hall–Kier alpha value is -2.74. The summed E-state index contributed by atoms with van der Waals surface area (Å²) >= 11 is 6.28. The molecule has 1 saturated heterocycles. The SMILES string of the molecule is C=C(NC)C(CCC=O)N(C)Cc1cc(OCC2CCCCN2Cc2ccc(F)cc2Cl)ccc1C=O. The van der Waals surface area contributed by atoms with Crippen molar-refractivity contribution in [2.24, 2.45) is 0 Å². The van der Waals surface area contributed by atoms with E-state index in [1.807, 2.05) is 26.2 Å². The Labute approximate surface area is 224 Å². The molecule has 0 aromatic heterocycles. The zero-order chi connectivity index (χ0) is 26.8. The van der Waals surface area contributed by atoms with Crippen molar-refractivity contribution in [1.29, 1.82) is 0 Å². The summed E-state index contributed by atoms with van der Waals surface area (Å²) in [4.78, 5) is 27.1. The van der Waals surface area contributed by atoms with Crippen molar-refractivity contribution in [3.05, 3.63) is 76.2 Å². The highest BCUT2D eigenvalue weighted by molar-refractivity contribution is 6.31. The fraction of sp³-hybridized carbons (Fsp3) is 0.448. The first kappa shape index (κ1) is 28.8. The Morgan fingerprint density at radius 2 is 2.08 bits per heavy atom. The third-order valence-electron chi connectivity index (χ3n) is 7.05. The Morgan fingerprint density at radius 3 is 2.78 bits per heavy atom. The van der Waals surface area contributed by atoms with E-state index in [9.17, 15) is 14.0 Å². The number of carbonyl (C=O) groups is 2. The van der Waals surface area contributed by atoms with Gasteiger partial charge in [0, 0.05) is 54.9 Å². The van der Waals surface area contributed by atoms with Crippen molar-refractivity contribution < 1.29 is 18.7 Å². The predicted molar refractivity (Wildman–Crippen MR) is 146 cm³/mol. The number of aldehydes is 2. The van der Waals surface area contributed by atoms with Gasteiger partial charge in [-0.3, -0.25) is 14.6 Å². The summed E-state index contributed by atoms with van der Waals surface area (Å²) in [5.74, 6) is 0.369. The van der Waals surface area contributed by atoms with Crippen LogP contribution in [0.25, 0.3) is 0 Å². The van der Waals surface area contributed by atoms with Crippen LogP contribution in [-0.4, -0.2) is 61.7 Å². The van der Waals surface area contributed by atoms with E-state index in [0.717, 1.165) is 55.2 Å². The van der Waals surface area contributed by atoms with Crippen LogP contribution in [0.2, 0.25) is 5.02 Å². The molecule has 2 aromatic carbocycles. The van der Waals surface area contributed by atoms with E-state index in [2.05, 4.69) is 21.7 Å². The normalized spacial score (nSPS) is 16.8. The molecule has 0 bridgehead atoms. The van der Waals surface area contributed by atoms with Gasteiger partial charge >= 0.3 is 0 Å². The van der Waals surface area contributed by atoms with Gasteiger partial charge in [0.2, 0.25) is 0 Å². The first-order valence-corrected chi connectivity index (χ1v) is 13.1. The highest BCUT2D eigenvalue weighted by Crippen LogP contribution is 2.26. The molecule has 1 aliphatic rings. The van der Waals surface area contributed by atoms with Gasteiger partial charge in [-0.2, -0.15) is 0 Å². The number of likely N-dealkylation sites (N-methyl/N-ethyl adjacent to an activating group) is 2. The van der Waals surface area contributed by atoms with Crippen LogP contribution in [-0.2, 0) is 17.9 Å². The number of nitrogens with zero attached hydrogens (tertiary/aromatic N) is 2. The number of rotatable bonds is 14. The molecule has 37 heavy (non-hydrogen) atoms. The van der Waals surface area contributed by atoms with Crippen LogP contribution in [0.3, 0.4) is 0 Å². The highest BCUT2D eigenvalue weighted by atomic mass is 35.5. The quantitative estimate of drug-likeness (QED) is 0.338. The molecule has 0 amide bonds. The van der Waals surface area contributed by atoms with E-state index < -0.39 is 0 Å². The molecule has 0 radical (unpaired) electrons. The van der Waals surface area contributed by atoms with Crippen LogP contribution in [0.5, 0.6) is 5.75 Å². The van der Waals surface area contributed by atoms with Crippen molar-refractivity contribution >= 4 is 24.2 Å². The van der Waals surface area contributed by atoms with Gasteiger partial charge in [-0.1, -0.05) is 30.7 Å². The maximum absolute atomic E-state index is 13.5. The van der Waals surface area contributed by atoms with E-state index in [1.54, 1.807) is 12.1 Å². The van der Waals surface area contributed by atoms with Crippen molar-refractivity contribution in [3.63, 3.8) is 0 Å². The maximum Gasteiger partial charge on any atom is 0.150 e. The standard InChI is InChI=1S/C29H37ClFN3O3/c1-21(32-2)29(8-6-14-35)33(3)17-24-15-27(12-10-23(24)19-36)37-20-26-7-4-5-13-34(26)18-22-9-11-25(31)16-28(22)30/h9-12,14-16,19,26,29,32H,1,4-8,13,17-18,20H2,2-3H3. The second-order valence-electron chi connectivity index (χ2n) is 9.60. The summed E-state index contributed by atoms with van der Waals surface area (Å²) in [6.07, 6.45) is 6.07. The van der Waals surface area contributed by atoms with E-state index >= 15 is 0 Å². The molecular weight excluding hydrogens is 493 g/mol. The lowest BCUT2D eigenvalue weighted by Gasteiger charge is -2.35. The maximum atomic E-state index is 13.5. The first-order valence-electron chi connectivity index (χ1n) is 12.8. The monoisotopic (exact) mass is 529 g/mol. The molecule has 1 fully saturated rings. The molecule has 2 atom stereocenters. The summed E-state index contributed by atoms with van der Waals surface area (Å²) in [6, 6.07) is 10.2. The summed E-state index contributed by atoms with van der Waals surface area (Å²) in [6.45, 7) is 6.67. The van der Waals surface area contributed by atoms with E-state index in [-0.39, 0.29) is 17.9 Å². The van der Waals surface area contributed by atoms with Crippen LogP contribution in [0.4, 0.5) is 4.39 Å². The van der Waals surface area contributed by atoms with Crippen LogP contribution >= 0.6 is 11.6 Å². The van der Waals surface area contributed by atoms with Crippen molar-refractivity contribution in [3.8, 4) is 5.75 Å². The van der Waals surface area contributed by atoms with Crippen molar-refractivity contribution in [2.75, 3.05) is 27.2 Å². The average molecular weight is 530 g/mol. The molecule has 0 spiro atoms. The lowest BCUT2D eigenvalue weighted by Crippen LogP contribution is -2.42. The Kier molecular flexibility index (Phi) is 11.1. The van der Waals surface area contributed by atoms with Crippen LogP contribution < -0.4 is 10.1 Å². The molecule has 0 saturated carbocycles. The molecule has 1 N–H and O–H groups in total. The summed E-state index contributed by atoms with van der Waals surface area (Å²) in [5, 5.41) is 3.53. The van der Waals surface area contributed by atoms with Crippen LogP contribution in [0.1, 0.15) is 53.6 Å². The fourth-order valence-electron chi connectivity index (χ4n) is 4.87. The molecule has 2 unspecified atom stereocenters. The minimum Gasteiger partial charge on any atom is -0.492 e. The van der Waals surface area contributed by atoms with Crippen molar-refractivity contribution in [2.45, 2.75) is 57.3 Å². The third-order valence-corrected chi connectivity index (χ3v) is 7.41. The van der Waals surface area contributed by atoms with Crippen LogP contribution in [0, 0.1) is 5.82 Å². The Bertz CT molecular complexity index is 1080. The number of hydrogen-bond donors (Lipinski definition) is 1. The summed E-state index contributed by atoms with van der Waals surface area (Å²) in [7, 11) is 3.77. The molecular formula is C29H37ClFN3O3. The lowest BCUT2D eigenvalue weighted by molar-refractivity contribution is -0.108. The molecule has 8 heteroatoms. The number of hydrogen-bond acceptors (Lipinski definition) is 6. The molecule has 2 aromatic rings. The third kappa shape index (κ3) is 8.12. The van der Waals surface area contributed by atoms with Gasteiger partial charge in [0.05, 0.1) is 0 Å². The molecule has 200 valence electrons. The van der Waals surface area contributed by atoms with E-state index in [4.69, 9.17) is 16.3 Å². The fourth-order valence-corrected chi connectivity index (χ4v) is 5.10. The number of piperidine rings is 1. The molecule has 3 rings (SSSR count). The second-order valence-corrected chi connectivity index (χ2v) is 10.0. The number of ether oxygens (including phenoxy) is 1. The van der Waals surface area contributed by atoms with Gasteiger partial charge in [0.15, 0.2) is 0 Å². The zero-order valence-electron chi connectivity index (χ0n) is 21.7. The topological polar surface area (TPSA) is 61.9 Å². The summed E-state index contributed by atoms with van der Waals surface area (Å²) < 4.78 is 19.7. The number of carbonyl (C=O) groups excluding carboxylic acids is 2. The average Bonchev–Trinajstić information content (AvgIpc) is 2.89. The van der Waals surface area contributed by atoms with Gasteiger partial charge in [-0.25, -0.2) is 4.39 Å². The molecule has 0 aliphatic carbocycles. The second kappa shape index (κ2) is 14.3. The lowest BCUT2D eigenvalue weighted by atomic mass is 10.0. The minimum atomic E-state index is -0.335.